The zero-order chi connectivity index (χ0) is 12.2. The zero-order valence-corrected chi connectivity index (χ0v) is 10.5. The Morgan fingerprint density at radius 3 is 2.31 bits per heavy atom. The number of rotatable bonds is 5. The highest BCUT2D eigenvalue weighted by Crippen LogP contribution is 2.13. The van der Waals surface area contributed by atoms with Crippen molar-refractivity contribution in [2.75, 3.05) is 13.6 Å². The van der Waals surface area contributed by atoms with Crippen LogP contribution in [0.5, 0.6) is 0 Å². The molecule has 0 bridgehead atoms. The maximum Gasteiger partial charge on any atom is 0.218 e. The minimum absolute atomic E-state index is 0.0186. The second-order valence-corrected chi connectivity index (χ2v) is 5.72. The molecule has 0 aliphatic heterocycles. The first-order valence-electron chi connectivity index (χ1n) is 5.22. The summed E-state index contributed by atoms with van der Waals surface area (Å²) in [5.41, 5.74) is 7.24. The predicted octanol–water partition coefficient (Wildman–Crippen LogP) is 0.927. The van der Waals surface area contributed by atoms with E-state index in [4.69, 9.17) is 5.73 Å². The van der Waals surface area contributed by atoms with Crippen LogP contribution in [0, 0.1) is 0 Å². The summed E-state index contributed by atoms with van der Waals surface area (Å²) < 4.78 is 25.1. The summed E-state index contributed by atoms with van der Waals surface area (Å²) in [5.74, 6) is 0.0186. The van der Waals surface area contributed by atoms with Crippen LogP contribution in [-0.2, 0) is 22.3 Å². The maximum atomic E-state index is 11.9. The number of sulfonamides is 1. The molecule has 5 heteroatoms. The first kappa shape index (κ1) is 13.2. The SMILES string of the molecule is CCN(C)S(=O)(=O)Cc1ccccc1CN. The molecule has 0 saturated carbocycles. The monoisotopic (exact) mass is 242 g/mol. The van der Waals surface area contributed by atoms with Crippen molar-refractivity contribution in [2.24, 2.45) is 5.73 Å². The van der Waals surface area contributed by atoms with E-state index >= 15 is 0 Å². The molecule has 0 radical (unpaired) electrons. The van der Waals surface area contributed by atoms with Gasteiger partial charge in [-0.3, -0.25) is 0 Å². The molecule has 0 heterocycles. The molecule has 90 valence electrons. The van der Waals surface area contributed by atoms with Gasteiger partial charge < -0.3 is 5.73 Å². The largest absolute Gasteiger partial charge is 0.326 e. The van der Waals surface area contributed by atoms with Crippen molar-refractivity contribution >= 4 is 10.0 Å². The summed E-state index contributed by atoms with van der Waals surface area (Å²) in [4.78, 5) is 0. The summed E-state index contributed by atoms with van der Waals surface area (Å²) >= 11 is 0. The van der Waals surface area contributed by atoms with Crippen LogP contribution in [0.1, 0.15) is 18.1 Å². The highest BCUT2D eigenvalue weighted by Gasteiger charge is 2.17. The lowest BCUT2D eigenvalue weighted by molar-refractivity contribution is 0.485. The Balaban J connectivity index is 2.96. The molecule has 0 aromatic heterocycles. The molecule has 1 aromatic carbocycles. The van der Waals surface area contributed by atoms with E-state index in [1.807, 2.05) is 31.2 Å². The molecule has 0 spiro atoms. The second-order valence-electron chi connectivity index (χ2n) is 3.64. The molecule has 0 unspecified atom stereocenters. The van der Waals surface area contributed by atoms with Crippen molar-refractivity contribution in [3.63, 3.8) is 0 Å². The van der Waals surface area contributed by atoms with Gasteiger partial charge in [0.1, 0.15) is 0 Å². The quantitative estimate of drug-likeness (QED) is 0.835. The third kappa shape index (κ3) is 3.04. The van der Waals surface area contributed by atoms with Crippen LogP contribution in [-0.4, -0.2) is 26.3 Å². The van der Waals surface area contributed by atoms with Crippen molar-refractivity contribution in [3.05, 3.63) is 35.4 Å². The molecule has 0 aliphatic carbocycles. The Morgan fingerprint density at radius 2 is 1.81 bits per heavy atom. The Bertz CT molecular complexity index is 443. The van der Waals surface area contributed by atoms with Crippen LogP contribution in [0.15, 0.2) is 24.3 Å². The van der Waals surface area contributed by atoms with Crippen LogP contribution >= 0.6 is 0 Å². The van der Waals surface area contributed by atoms with E-state index in [1.54, 1.807) is 7.05 Å². The number of nitrogens with two attached hydrogens (primary N) is 1. The summed E-state index contributed by atoms with van der Waals surface area (Å²) in [5, 5.41) is 0. The Morgan fingerprint density at radius 1 is 1.25 bits per heavy atom. The molecule has 2 N–H and O–H groups in total. The molecule has 4 nitrogen and oxygen atoms in total. The van der Waals surface area contributed by atoms with Gasteiger partial charge in [-0.1, -0.05) is 31.2 Å². The molecule has 1 rings (SSSR count). The van der Waals surface area contributed by atoms with E-state index < -0.39 is 10.0 Å². The zero-order valence-electron chi connectivity index (χ0n) is 9.68. The van der Waals surface area contributed by atoms with Crippen molar-refractivity contribution in [1.82, 2.24) is 4.31 Å². The van der Waals surface area contributed by atoms with Gasteiger partial charge in [0.05, 0.1) is 5.75 Å². The van der Waals surface area contributed by atoms with E-state index in [0.29, 0.717) is 13.1 Å². The van der Waals surface area contributed by atoms with Crippen molar-refractivity contribution in [1.29, 1.82) is 0 Å². The topological polar surface area (TPSA) is 63.4 Å². The molecule has 0 atom stereocenters. The van der Waals surface area contributed by atoms with Crippen LogP contribution in [0.25, 0.3) is 0 Å². The third-order valence-electron chi connectivity index (χ3n) is 2.60. The van der Waals surface area contributed by atoms with E-state index in [2.05, 4.69) is 0 Å². The van der Waals surface area contributed by atoms with E-state index in [1.165, 1.54) is 4.31 Å². The van der Waals surface area contributed by atoms with Crippen LogP contribution in [0.3, 0.4) is 0 Å². The fraction of sp³-hybridized carbons (Fsp3) is 0.455. The average molecular weight is 242 g/mol. The van der Waals surface area contributed by atoms with Gasteiger partial charge >= 0.3 is 0 Å². The van der Waals surface area contributed by atoms with Crippen LogP contribution in [0.4, 0.5) is 0 Å². The number of hydrogen-bond acceptors (Lipinski definition) is 3. The molecular weight excluding hydrogens is 224 g/mol. The Kier molecular flexibility index (Phi) is 4.46. The van der Waals surface area contributed by atoms with E-state index in [-0.39, 0.29) is 5.75 Å². The normalized spacial score (nSPS) is 12.0. The smallest absolute Gasteiger partial charge is 0.218 e. The van der Waals surface area contributed by atoms with Gasteiger partial charge in [-0.15, -0.1) is 0 Å². The fourth-order valence-corrected chi connectivity index (χ4v) is 2.69. The first-order valence-corrected chi connectivity index (χ1v) is 6.83. The van der Waals surface area contributed by atoms with Crippen molar-refractivity contribution in [3.8, 4) is 0 Å². The Labute approximate surface area is 97.1 Å². The highest BCUT2D eigenvalue weighted by molar-refractivity contribution is 7.88. The summed E-state index contributed by atoms with van der Waals surface area (Å²) in [6, 6.07) is 7.36. The first-order chi connectivity index (χ1) is 7.51. The van der Waals surface area contributed by atoms with Gasteiger partial charge in [0.2, 0.25) is 10.0 Å². The third-order valence-corrected chi connectivity index (χ3v) is 4.48. The number of benzene rings is 1. The summed E-state index contributed by atoms with van der Waals surface area (Å²) in [6.07, 6.45) is 0. The van der Waals surface area contributed by atoms with Gasteiger partial charge in [0.25, 0.3) is 0 Å². The molecule has 1 aromatic rings. The van der Waals surface area contributed by atoms with Crippen molar-refractivity contribution < 1.29 is 8.42 Å². The summed E-state index contributed by atoms with van der Waals surface area (Å²) in [6.45, 7) is 2.65. The van der Waals surface area contributed by atoms with Gasteiger partial charge in [0.15, 0.2) is 0 Å². The standard InChI is InChI=1S/C11H18N2O2S/c1-3-13(2)16(14,15)9-11-7-5-4-6-10(11)8-12/h4-7H,3,8-9,12H2,1-2H3. The number of hydrogen-bond donors (Lipinski definition) is 1. The molecule has 0 amide bonds. The lowest BCUT2D eigenvalue weighted by atomic mass is 10.1. The van der Waals surface area contributed by atoms with Crippen LogP contribution < -0.4 is 5.73 Å². The second kappa shape index (κ2) is 5.43. The predicted molar refractivity (Wildman–Crippen MR) is 65.3 cm³/mol. The minimum atomic E-state index is -3.22. The van der Waals surface area contributed by atoms with Gasteiger partial charge in [0, 0.05) is 20.1 Å². The van der Waals surface area contributed by atoms with Gasteiger partial charge in [-0.05, 0) is 11.1 Å². The summed E-state index contributed by atoms with van der Waals surface area (Å²) in [7, 11) is -1.63. The van der Waals surface area contributed by atoms with Crippen molar-refractivity contribution in [2.45, 2.75) is 19.2 Å². The van der Waals surface area contributed by atoms with E-state index in [9.17, 15) is 8.42 Å². The fourth-order valence-electron chi connectivity index (χ4n) is 1.40. The highest BCUT2D eigenvalue weighted by atomic mass is 32.2. The van der Waals surface area contributed by atoms with Gasteiger partial charge in [-0.25, -0.2) is 12.7 Å². The van der Waals surface area contributed by atoms with Gasteiger partial charge in [-0.2, -0.15) is 0 Å². The number of nitrogens with zero attached hydrogens (tertiary/aromatic N) is 1. The van der Waals surface area contributed by atoms with Crippen LogP contribution in [0.2, 0.25) is 0 Å². The maximum absolute atomic E-state index is 11.9. The molecular formula is C11H18N2O2S. The molecule has 0 saturated heterocycles. The molecule has 0 aliphatic rings. The average Bonchev–Trinajstić information content (AvgIpc) is 2.28. The lowest BCUT2D eigenvalue weighted by Crippen LogP contribution is -2.28. The minimum Gasteiger partial charge on any atom is -0.326 e. The molecule has 16 heavy (non-hydrogen) atoms. The molecule has 0 fully saturated rings. The lowest BCUT2D eigenvalue weighted by Gasteiger charge is -2.16. The Hall–Kier alpha value is -0.910. The van der Waals surface area contributed by atoms with E-state index in [0.717, 1.165) is 11.1 Å².